The predicted octanol–water partition coefficient (Wildman–Crippen LogP) is -0.391. The van der Waals surface area contributed by atoms with Crippen LogP contribution >= 0.6 is 0 Å². The number of aromatic nitrogens is 2. The molecule has 124 valence electrons. The average Bonchev–Trinajstić information content (AvgIpc) is 3.25. The first kappa shape index (κ1) is 15.9. The molecule has 0 spiro atoms. The van der Waals surface area contributed by atoms with Crippen LogP contribution in [0.15, 0.2) is 17.3 Å². The molecule has 0 aromatic carbocycles. The largest absolute Gasteiger partial charge is 0.274 e. The Labute approximate surface area is 130 Å². The second-order valence-corrected chi connectivity index (χ2v) is 9.90. The minimum absolute atomic E-state index is 0.147. The summed E-state index contributed by atoms with van der Waals surface area (Å²) >= 11 is 0. The average molecular weight is 348 g/mol. The predicted molar refractivity (Wildman–Crippen MR) is 80.1 cm³/mol. The van der Waals surface area contributed by atoms with Crippen LogP contribution in [0.4, 0.5) is 0 Å². The van der Waals surface area contributed by atoms with Gasteiger partial charge in [0.25, 0.3) is 0 Å². The fourth-order valence-electron chi connectivity index (χ4n) is 2.62. The molecule has 0 radical (unpaired) electrons. The summed E-state index contributed by atoms with van der Waals surface area (Å²) in [5, 5.41) is 3.64. The fraction of sp³-hybridized carbons (Fsp3) is 0.750. The van der Waals surface area contributed by atoms with Gasteiger partial charge in [-0.2, -0.15) is 9.40 Å². The molecule has 2 fully saturated rings. The molecule has 2 aliphatic rings. The highest BCUT2D eigenvalue weighted by Gasteiger charge is 2.41. The van der Waals surface area contributed by atoms with E-state index < -0.39 is 20.0 Å². The summed E-state index contributed by atoms with van der Waals surface area (Å²) in [6.07, 6.45) is 4.72. The van der Waals surface area contributed by atoms with Gasteiger partial charge in [0.05, 0.1) is 11.4 Å². The second-order valence-electron chi connectivity index (χ2n) is 5.75. The number of rotatable bonds is 4. The maximum absolute atomic E-state index is 12.6. The molecule has 0 unspecified atom stereocenters. The lowest BCUT2D eigenvalue weighted by molar-refractivity contribution is 0.404. The van der Waals surface area contributed by atoms with E-state index in [0.717, 1.165) is 12.8 Å². The molecule has 1 saturated carbocycles. The highest BCUT2D eigenvalue weighted by atomic mass is 32.2. The molecule has 10 heteroatoms. The van der Waals surface area contributed by atoms with Gasteiger partial charge in [-0.1, -0.05) is 0 Å². The Morgan fingerprint density at radius 3 is 2.27 bits per heavy atom. The van der Waals surface area contributed by atoms with E-state index in [1.54, 1.807) is 7.05 Å². The Kier molecular flexibility index (Phi) is 4.04. The number of hydrogen-bond acceptors (Lipinski definition) is 5. The van der Waals surface area contributed by atoms with Crippen molar-refractivity contribution in [2.24, 2.45) is 7.05 Å². The smallest absolute Gasteiger partial charge is 0.246 e. The molecule has 0 atom stereocenters. The molecule has 8 nitrogen and oxygen atoms in total. The highest BCUT2D eigenvalue weighted by Crippen LogP contribution is 2.31. The van der Waals surface area contributed by atoms with Gasteiger partial charge in [0.15, 0.2) is 0 Å². The third-order valence-electron chi connectivity index (χ3n) is 4.04. The van der Waals surface area contributed by atoms with Crippen molar-refractivity contribution in [2.45, 2.75) is 29.4 Å². The van der Waals surface area contributed by atoms with Crippen LogP contribution < -0.4 is 0 Å². The van der Waals surface area contributed by atoms with Crippen LogP contribution in [0, 0.1) is 0 Å². The van der Waals surface area contributed by atoms with Crippen molar-refractivity contribution in [3.8, 4) is 0 Å². The zero-order valence-corrected chi connectivity index (χ0v) is 14.1. The molecule has 1 aromatic rings. The lowest BCUT2D eigenvalue weighted by Crippen LogP contribution is -2.38. The Hall–Kier alpha value is -0.970. The minimum atomic E-state index is -3.61. The van der Waals surface area contributed by atoms with Crippen molar-refractivity contribution in [3.05, 3.63) is 12.4 Å². The van der Waals surface area contributed by atoms with E-state index in [4.69, 9.17) is 0 Å². The zero-order valence-electron chi connectivity index (χ0n) is 12.4. The third kappa shape index (κ3) is 2.92. The number of sulfonamides is 2. The fourth-order valence-corrected chi connectivity index (χ4v) is 5.95. The summed E-state index contributed by atoms with van der Waals surface area (Å²) in [5.74, 6) is 0. The van der Waals surface area contributed by atoms with Crippen LogP contribution in [0.25, 0.3) is 0 Å². The quantitative estimate of drug-likeness (QED) is 0.739. The van der Waals surface area contributed by atoms with Gasteiger partial charge >= 0.3 is 0 Å². The van der Waals surface area contributed by atoms with E-state index >= 15 is 0 Å². The maximum Gasteiger partial charge on any atom is 0.246 e. The van der Waals surface area contributed by atoms with E-state index in [9.17, 15) is 16.8 Å². The summed E-state index contributed by atoms with van der Waals surface area (Å²) in [6, 6.07) is 0. The molecule has 0 amide bonds. The highest BCUT2D eigenvalue weighted by molar-refractivity contribution is 7.90. The molecule has 1 aliphatic heterocycles. The Balaban J connectivity index is 1.75. The van der Waals surface area contributed by atoms with Gasteiger partial charge in [0.1, 0.15) is 4.90 Å². The van der Waals surface area contributed by atoms with Gasteiger partial charge in [0.2, 0.25) is 20.0 Å². The Morgan fingerprint density at radius 2 is 1.68 bits per heavy atom. The van der Waals surface area contributed by atoms with Crippen molar-refractivity contribution >= 4 is 20.0 Å². The molecule has 1 aliphatic carbocycles. The van der Waals surface area contributed by atoms with Crippen LogP contribution in [0.2, 0.25) is 0 Å². The summed E-state index contributed by atoms with van der Waals surface area (Å²) in [5.41, 5.74) is 0. The molecule has 1 saturated heterocycles. The molecule has 3 rings (SSSR count). The van der Waals surface area contributed by atoms with Crippen LogP contribution in [0.3, 0.4) is 0 Å². The topological polar surface area (TPSA) is 92.6 Å². The van der Waals surface area contributed by atoms with Crippen molar-refractivity contribution in [1.82, 2.24) is 18.4 Å². The molecule has 22 heavy (non-hydrogen) atoms. The van der Waals surface area contributed by atoms with Crippen molar-refractivity contribution in [3.63, 3.8) is 0 Å². The van der Waals surface area contributed by atoms with Gasteiger partial charge < -0.3 is 0 Å². The minimum Gasteiger partial charge on any atom is -0.274 e. The first-order valence-electron chi connectivity index (χ1n) is 7.29. The molecular formula is C12H20N4O4S2. The standard InChI is InChI=1S/C12H20N4O4S2/c1-14-10-12(9-13-14)22(19,20)16-6-2-5-15(7-8-16)21(17,18)11-3-4-11/h9-11H,2-8H2,1H3. The molecule has 0 bridgehead atoms. The van der Waals surface area contributed by atoms with E-state index in [1.807, 2.05) is 0 Å². The summed E-state index contributed by atoms with van der Waals surface area (Å²) in [6.45, 7) is 1.12. The first-order chi connectivity index (χ1) is 10.3. The number of hydrogen-bond donors (Lipinski definition) is 0. The Morgan fingerprint density at radius 1 is 1.05 bits per heavy atom. The van der Waals surface area contributed by atoms with Gasteiger partial charge in [-0.3, -0.25) is 4.68 Å². The van der Waals surface area contributed by atoms with Crippen LogP contribution in [0.1, 0.15) is 19.3 Å². The number of nitrogens with zero attached hydrogens (tertiary/aromatic N) is 4. The third-order valence-corrected chi connectivity index (χ3v) is 8.29. The van der Waals surface area contributed by atoms with Gasteiger partial charge in [0, 0.05) is 39.4 Å². The maximum atomic E-state index is 12.6. The zero-order chi connectivity index (χ0) is 16.0. The summed E-state index contributed by atoms with van der Waals surface area (Å²) in [4.78, 5) is 0.147. The molecular weight excluding hydrogens is 328 g/mol. The lowest BCUT2D eigenvalue weighted by atomic mass is 10.4. The van der Waals surface area contributed by atoms with Crippen LogP contribution in [-0.2, 0) is 27.1 Å². The second kappa shape index (κ2) is 5.59. The molecule has 0 N–H and O–H groups in total. The van der Waals surface area contributed by atoms with Crippen molar-refractivity contribution < 1.29 is 16.8 Å². The first-order valence-corrected chi connectivity index (χ1v) is 10.2. The van der Waals surface area contributed by atoms with E-state index in [-0.39, 0.29) is 23.2 Å². The van der Waals surface area contributed by atoms with Gasteiger partial charge in [-0.05, 0) is 19.3 Å². The van der Waals surface area contributed by atoms with Gasteiger partial charge in [-0.25, -0.2) is 21.1 Å². The molecule has 2 heterocycles. The Bertz CT molecular complexity index is 752. The van der Waals surface area contributed by atoms with E-state index in [0.29, 0.717) is 19.5 Å². The van der Waals surface area contributed by atoms with Crippen LogP contribution in [0.5, 0.6) is 0 Å². The summed E-state index contributed by atoms with van der Waals surface area (Å²) < 4.78 is 53.9. The SMILES string of the molecule is Cn1cc(S(=O)(=O)N2CCCN(S(=O)(=O)C3CC3)CC2)cn1. The lowest BCUT2D eigenvalue weighted by Gasteiger charge is -2.21. The van der Waals surface area contributed by atoms with Crippen LogP contribution in [-0.4, -0.2) is 66.7 Å². The van der Waals surface area contributed by atoms with E-state index in [1.165, 1.54) is 25.7 Å². The van der Waals surface area contributed by atoms with Crippen molar-refractivity contribution in [2.75, 3.05) is 26.2 Å². The molecule has 1 aromatic heterocycles. The number of aryl methyl sites for hydroxylation is 1. The van der Waals surface area contributed by atoms with Gasteiger partial charge in [-0.15, -0.1) is 0 Å². The normalized spacial score (nSPS) is 22.6. The summed E-state index contributed by atoms with van der Waals surface area (Å²) in [7, 11) is -5.20. The van der Waals surface area contributed by atoms with E-state index in [2.05, 4.69) is 5.10 Å². The monoisotopic (exact) mass is 348 g/mol. The van der Waals surface area contributed by atoms with Crippen molar-refractivity contribution in [1.29, 1.82) is 0 Å².